The SMILES string of the molecule is CC1CN(C(=O)c2ccc(Nc3nccc(-c4ccc(Cl)cc4)n3)cc2)C(C)CN1. The van der Waals surface area contributed by atoms with Crippen LogP contribution in [0.3, 0.4) is 0 Å². The molecule has 3 aromatic rings. The second kappa shape index (κ2) is 8.81. The summed E-state index contributed by atoms with van der Waals surface area (Å²) >= 11 is 5.96. The largest absolute Gasteiger partial charge is 0.333 e. The number of anilines is 2. The lowest BCUT2D eigenvalue weighted by Crippen LogP contribution is -2.56. The van der Waals surface area contributed by atoms with Gasteiger partial charge in [-0.1, -0.05) is 23.7 Å². The number of hydrogen-bond donors (Lipinski definition) is 2. The van der Waals surface area contributed by atoms with Gasteiger partial charge in [0, 0.05) is 53.2 Å². The zero-order chi connectivity index (χ0) is 21.1. The summed E-state index contributed by atoms with van der Waals surface area (Å²) in [5.74, 6) is 0.550. The highest BCUT2D eigenvalue weighted by Crippen LogP contribution is 2.22. The van der Waals surface area contributed by atoms with Crippen LogP contribution in [-0.2, 0) is 0 Å². The minimum absolute atomic E-state index is 0.0587. The second-order valence-electron chi connectivity index (χ2n) is 7.59. The predicted molar refractivity (Wildman–Crippen MR) is 120 cm³/mol. The van der Waals surface area contributed by atoms with E-state index in [9.17, 15) is 4.79 Å². The third kappa shape index (κ3) is 4.61. The topological polar surface area (TPSA) is 70.2 Å². The smallest absolute Gasteiger partial charge is 0.254 e. The molecule has 1 amide bonds. The molecule has 0 radical (unpaired) electrons. The number of halogens is 1. The van der Waals surface area contributed by atoms with Crippen molar-refractivity contribution in [3.8, 4) is 11.3 Å². The van der Waals surface area contributed by atoms with Crippen LogP contribution in [0.4, 0.5) is 11.6 Å². The Labute approximate surface area is 181 Å². The molecule has 4 rings (SSSR count). The lowest BCUT2D eigenvalue weighted by Gasteiger charge is -2.37. The average molecular weight is 422 g/mol. The highest BCUT2D eigenvalue weighted by molar-refractivity contribution is 6.30. The van der Waals surface area contributed by atoms with Crippen LogP contribution in [0.15, 0.2) is 60.8 Å². The van der Waals surface area contributed by atoms with Gasteiger partial charge in [0.2, 0.25) is 5.95 Å². The molecule has 1 aromatic heterocycles. The van der Waals surface area contributed by atoms with E-state index in [0.29, 0.717) is 29.1 Å². The van der Waals surface area contributed by atoms with E-state index in [1.807, 2.05) is 59.5 Å². The fourth-order valence-electron chi connectivity index (χ4n) is 3.50. The first-order chi connectivity index (χ1) is 14.5. The number of amides is 1. The molecule has 6 nitrogen and oxygen atoms in total. The summed E-state index contributed by atoms with van der Waals surface area (Å²) in [6.45, 7) is 5.69. The van der Waals surface area contributed by atoms with Gasteiger partial charge < -0.3 is 15.5 Å². The molecule has 7 heteroatoms. The van der Waals surface area contributed by atoms with Crippen LogP contribution in [0.2, 0.25) is 5.02 Å². The number of nitrogens with one attached hydrogen (secondary N) is 2. The lowest BCUT2D eigenvalue weighted by molar-refractivity contribution is 0.0616. The molecule has 1 aliphatic heterocycles. The van der Waals surface area contributed by atoms with Crippen LogP contribution in [0.5, 0.6) is 0 Å². The van der Waals surface area contributed by atoms with Gasteiger partial charge in [-0.3, -0.25) is 4.79 Å². The highest BCUT2D eigenvalue weighted by Gasteiger charge is 2.27. The third-order valence-corrected chi connectivity index (χ3v) is 5.46. The monoisotopic (exact) mass is 421 g/mol. The molecule has 0 saturated carbocycles. The number of carbonyl (C=O) groups excluding carboxylic acids is 1. The van der Waals surface area contributed by atoms with Gasteiger partial charge >= 0.3 is 0 Å². The normalized spacial score (nSPS) is 18.8. The zero-order valence-electron chi connectivity index (χ0n) is 17.0. The maximum absolute atomic E-state index is 12.9. The van der Waals surface area contributed by atoms with E-state index in [4.69, 9.17) is 11.6 Å². The summed E-state index contributed by atoms with van der Waals surface area (Å²) < 4.78 is 0. The van der Waals surface area contributed by atoms with Gasteiger partial charge in [0.05, 0.1) is 5.69 Å². The number of carbonyl (C=O) groups is 1. The van der Waals surface area contributed by atoms with Gasteiger partial charge in [-0.2, -0.15) is 0 Å². The fourth-order valence-corrected chi connectivity index (χ4v) is 3.62. The van der Waals surface area contributed by atoms with Crippen molar-refractivity contribution < 1.29 is 4.79 Å². The van der Waals surface area contributed by atoms with Crippen molar-refractivity contribution in [2.75, 3.05) is 18.4 Å². The molecule has 2 N–H and O–H groups in total. The first kappa shape index (κ1) is 20.3. The minimum atomic E-state index is 0.0587. The number of benzene rings is 2. The van der Waals surface area contributed by atoms with Crippen LogP contribution in [0.25, 0.3) is 11.3 Å². The number of aromatic nitrogens is 2. The van der Waals surface area contributed by atoms with Crippen molar-refractivity contribution in [1.82, 2.24) is 20.2 Å². The molecule has 1 aliphatic rings. The summed E-state index contributed by atoms with van der Waals surface area (Å²) in [5.41, 5.74) is 3.27. The Bertz CT molecular complexity index is 1020. The summed E-state index contributed by atoms with van der Waals surface area (Å²) in [5, 5.41) is 7.29. The van der Waals surface area contributed by atoms with Gasteiger partial charge in [0.25, 0.3) is 5.91 Å². The number of nitrogens with zero attached hydrogens (tertiary/aromatic N) is 3. The summed E-state index contributed by atoms with van der Waals surface area (Å²) in [6.07, 6.45) is 1.71. The number of rotatable bonds is 4. The molecule has 1 fully saturated rings. The second-order valence-corrected chi connectivity index (χ2v) is 8.03. The van der Waals surface area contributed by atoms with Crippen LogP contribution >= 0.6 is 11.6 Å². The van der Waals surface area contributed by atoms with Gasteiger partial charge in [-0.05, 0) is 56.3 Å². The van der Waals surface area contributed by atoms with Crippen LogP contribution in [0.1, 0.15) is 24.2 Å². The first-order valence-electron chi connectivity index (χ1n) is 10.00. The molecule has 154 valence electrons. The average Bonchev–Trinajstić information content (AvgIpc) is 2.76. The van der Waals surface area contributed by atoms with Crippen LogP contribution in [0, 0.1) is 0 Å². The van der Waals surface area contributed by atoms with Crippen molar-refractivity contribution >= 4 is 29.1 Å². The van der Waals surface area contributed by atoms with E-state index in [-0.39, 0.29) is 11.9 Å². The molecule has 2 atom stereocenters. The Kier molecular flexibility index (Phi) is 5.97. The standard InChI is InChI=1S/C23H24ClN5O/c1-15-14-29(16(2)13-26-15)22(30)18-5-9-20(10-6-18)27-23-25-12-11-21(28-23)17-3-7-19(24)8-4-17/h3-12,15-16,26H,13-14H2,1-2H3,(H,25,27,28). The molecule has 0 aliphatic carbocycles. The van der Waals surface area contributed by atoms with Crippen LogP contribution < -0.4 is 10.6 Å². The van der Waals surface area contributed by atoms with Crippen molar-refractivity contribution in [1.29, 1.82) is 0 Å². The summed E-state index contributed by atoms with van der Waals surface area (Å²) in [7, 11) is 0. The fraction of sp³-hybridized carbons (Fsp3) is 0.261. The molecular formula is C23H24ClN5O. The van der Waals surface area contributed by atoms with E-state index in [2.05, 4.69) is 34.4 Å². The maximum atomic E-state index is 12.9. The molecular weight excluding hydrogens is 398 g/mol. The van der Waals surface area contributed by atoms with E-state index in [0.717, 1.165) is 23.5 Å². The Morgan fingerprint density at radius 1 is 1.10 bits per heavy atom. The highest BCUT2D eigenvalue weighted by atomic mass is 35.5. The Morgan fingerprint density at radius 2 is 1.83 bits per heavy atom. The Hall–Kier alpha value is -2.96. The molecule has 30 heavy (non-hydrogen) atoms. The number of piperazine rings is 1. The predicted octanol–water partition coefficient (Wildman–Crippen LogP) is 4.36. The van der Waals surface area contributed by atoms with Crippen molar-refractivity contribution in [3.63, 3.8) is 0 Å². The van der Waals surface area contributed by atoms with Gasteiger partial charge in [-0.15, -0.1) is 0 Å². The van der Waals surface area contributed by atoms with Gasteiger partial charge in [0.15, 0.2) is 0 Å². The molecule has 2 unspecified atom stereocenters. The van der Waals surface area contributed by atoms with E-state index in [1.54, 1.807) is 6.20 Å². The van der Waals surface area contributed by atoms with E-state index < -0.39 is 0 Å². The summed E-state index contributed by atoms with van der Waals surface area (Å²) in [6, 6.07) is 17.3. The minimum Gasteiger partial charge on any atom is -0.333 e. The van der Waals surface area contributed by atoms with E-state index >= 15 is 0 Å². The summed E-state index contributed by atoms with van der Waals surface area (Å²) in [4.78, 5) is 23.7. The van der Waals surface area contributed by atoms with Gasteiger partial charge in [0.1, 0.15) is 0 Å². The van der Waals surface area contributed by atoms with Crippen molar-refractivity contribution in [2.24, 2.45) is 0 Å². The Balaban J connectivity index is 1.47. The number of hydrogen-bond acceptors (Lipinski definition) is 5. The molecule has 0 spiro atoms. The van der Waals surface area contributed by atoms with Crippen molar-refractivity contribution in [3.05, 3.63) is 71.4 Å². The third-order valence-electron chi connectivity index (χ3n) is 5.21. The molecule has 0 bridgehead atoms. The van der Waals surface area contributed by atoms with Crippen LogP contribution in [-0.4, -0.2) is 45.9 Å². The molecule has 2 heterocycles. The molecule has 2 aromatic carbocycles. The molecule has 1 saturated heterocycles. The van der Waals surface area contributed by atoms with Gasteiger partial charge in [-0.25, -0.2) is 9.97 Å². The van der Waals surface area contributed by atoms with E-state index in [1.165, 1.54) is 0 Å². The lowest BCUT2D eigenvalue weighted by atomic mass is 10.1. The zero-order valence-corrected chi connectivity index (χ0v) is 17.7. The van der Waals surface area contributed by atoms with Crippen molar-refractivity contribution in [2.45, 2.75) is 25.9 Å². The Morgan fingerprint density at radius 3 is 2.57 bits per heavy atom. The quantitative estimate of drug-likeness (QED) is 0.654. The first-order valence-corrected chi connectivity index (χ1v) is 10.4. The maximum Gasteiger partial charge on any atom is 0.254 e.